The standard InChI is InChI=1S/C25H20FN3O2S/c1-14-8-17(26)9-15(2)21(14)31-23-19(10-16(11-28-23)25(13-27)5-6-25)20-12-29(3)24(30)18-4-7-32-22(18)20/h4,7-12H,5-6H2,1-3H3. The Kier molecular flexibility index (Phi) is 4.64. The maximum Gasteiger partial charge on any atom is 0.259 e. The highest BCUT2D eigenvalue weighted by Crippen LogP contribution is 2.49. The van der Waals surface area contributed by atoms with E-state index in [4.69, 9.17) is 4.74 Å². The molecule has 0 unspecified atom stereocenters. The summed E-state index contributed by atoms with van der Waals surface area (Å²) >= 11 is 1.48. The molecule has 0 atom stereocenters. The zero-order valence-electron chi connectivity index (χ0n) is 17.9. The molecule has 5 nitrogen and oxygen atoms in total. The first kappa shape index (κ1) is 20.4. The predicted molar refractivity (Wildman–Crippen MR) is 123 cm³/mol. The number of rotatable bonds is 4. The van der Waals surface area contributed by atoms with E-state index in [1.165, 1.54) is 23.5 Å². The average Bonchev–Trinajstić information content (AvgIpc) is 3.41. The van der Waals surface area contributed by atoms with Crippen molar-refractivity contribution in [2.75, 3.05) is 0 Å². The largest absolute Gasteiger partial charge is 0.438 e. The first-order valence-corrected chi connectivity index (χ1v) is 11.1. The van der Waals surface area contributed by atoms with Crippen LogP contribution in [0.1, 0.15) is 29.5 Å². The molecule has 1 aromatic carbocycles. The van der Waals surface area contributed by atoms with Gasteiger partial charge in [0.15, 0.2) is 0 Å². The van der Waals surface area contributed by atoms with E-state index in [0.717, 1.165) is 28.7 Å². The van der Waals surface area contributed by atoms with Crippen LogP contribution in [0.25, 0.3) is 21.2 Å². The minimum atomic E-state index is -0.517. The molecule has 3 aromatic heterocycles. The third-order valence-corrected chi connectivity index (χ3v) is 7.01. The number of thiophene rings is 1. The van der Waals surface area contributed by atoms with Gasteiger partial charge < -0.3 is 9.30 Å². The van der Waals surface area contributed by atoms with Gasteiger partial charge in [0.05, 0.1) is 16.9 Å². The van der Waals surface area contributed by atoms with Crippen molar-refractivity contribution in [2.45, 2.75) is 32.1 Å². The number of pyridine rings is 2. The molecule has 1 fully saturated rings. The number of fused-ring (bicyclic) bond motifs is 1. The third-order valence-electron chi connectivity index (χ3n) is 6.07. The van der Waals surface area contributed by atoms with Crippen molar-refractivity contribution in [2.24, 2.45) is 7.05 Å². The Morgan fingerprint density at radius 1 is 1.22 bits per heavy atom. The normalized spacial score (nSPS) is 14.3. The summed E-state index contributed by atoms with van der Waals surface area (Å²) in [6.07, 6.45) is 5.06. The maximum absolute atomic E-state index is 13.8. The van der Waals surface area contributed by atoms with Gasteiger partial charge in [-0.1, -0.05) is 0 Å². The van der Waals surface area contributed by atoms with E-state index in [1.54, 1.807) is 37.9 Å². The average molecular weight is 446 g/mol. The SMILES string of the molecule is Cc1cc(F)cc(C)c1Oc1ncc(C2(C#N)CC2)cc1-c1cn(C)c(=O)c2ccsc12. The van der Waals surface area contributed by atoms with Gasteiger partial charge in [-0.15, -0.1) is 11.3 Å². The van der Waals surface area contributed by atoms with Gasteiger partial charge in [0.1, 0.15) is 11.6 Å². The first-order chi connectivity index (χ1) is 15.3. The molecule has 0 radical (unpaired) electrons. The summed E-state index contributed by atoms with van der Waals surface area (Å²) in [5.41, 5.74) is 3.10. The Balaban J connectivity index is 1.75. The second kappa shape index (κ2) is 7.28. The van der Waals surface area contributed by atoms with Gasteiger partial charge in [0, 0.05) is 35.3 Å². The summed E-state index contributed by atoms with van der Waals surface area (Å²) in [4.78, 5) is 17.2. The quantitative estimate of drug-likeness (QED) is 0.400. The van der Waals surface area contributed by atoms with Crippen LogP contribution in [-0.4, -0.2) is 9.55 Å². The molecule has 1 aliphatic carbocycles. The number of hydrogen-bond donors (Lipinski definition) is 0. The molecular formula is C25H20FN3O2S. The van der Waals surface area contributed by atoms with E-state index in [9.17, 15) is 14.4 Å². The fraction of sp³-hybridized carbons (Fsp3) is 0.240. The Bertz CT molecular complexity index is 1470. The number of nitriles is 1. The summed E-state index contributed by atoms with van der Waals surface area (Å²) in [5, 5.41) is 12.2. The van der Waals surface area contributed by atoms with E-state index < -0.39 is 5.41 Å². The second-order valence-electron chi connectivity index (χ2n) is 8.36. The van der Waals surface area contributed by atoms with Crippen LogP contribution in [0.3, 0.4) is 0 Å². The lowest BCUT2D eigenvalue weighted by atomic mass is 9.96. The molecule has 0 aliphatic heterocycles. The summed E-state index contributed by atoms with van der Waals surface area (Å²) < 4.78 is 22.5. The molecule has 0 amide bonds. The topological polar surface area (TPSA) is 67.9 Å². The van der Waals surface area contributed by atoms with Crippen molar-refractivity contribution in [3.63, 3.8) is 0 Å². The van der Waals surface area contributed by atoms with Gasteiger partial charge in [0.25, 0.3) is 5.56 Å². The fourth-order valence-electron chi connectivity index (χ4n) is 4.11. The van der Waals surface area contributed by atoms with Gasteiger partial charge >= 0.3 is 0 Å². The molecule has 32 heavy (non-hydrogen) atoms. The van der Waals surface area contributed by atoms with Crippen LogP contribution in [0.4, 0.5) is 4.39 Å². The van der Waals surface area contributed by atoms with E-state index in [2.05, 4.69) is 11.1 Å². The molecule has 0 bridgehead atoms. The molecule has 160 valence electrons. The highest BCUT2D eigenvalue weighted by molar-refractivity contribution is 7.17. The number of hydrogen-bond acceptors (Lipinski definition) is 5. The summed E-state index contributed by atoms with van der Waals surface area (Å²) in [7, 11) is 1.71. The van der Waals surface area contributed by atoms with E-state index in [-0.39, 0.29) is 11.4 Å². The van der Waals surface area contributed by atoms with E-state index in [0.29, 0.717) is 33.7 Å². The minimum absolute atomic E-state index is 0.0718. The Morgan fingerprint density at radius 2 is 1.94 bits per heavy atom. The van der Waals surface area contributed by atoms with Crippen LogP contribution in [0.5, 0.6) is 11.6 Å². The first-order valence-electron chi connectivity index (χ1n) is 10.3. The van der Waals surface area contributed by atoms with Crippen molar-refractivity contribution < 1.29 is 9.13 Å². The number of aromatic nitrogens is 2. The van der Waals surface area contributed by atoms with E-state index in [1.807, 2.05) is 17.5 Å². The Labute approximate surface area is 188 Å². The Hall–Kier alpha value is -3.50. The van der Waals surface area contributed by atoms with Crippen molar-refractivity contribution in [3.05, 3.63) is 74.9 Å². The van der Waals surface area contributed by atoms with Gasteiger partial charge in [-0.25, -0.2) is 9.37 Å². The van der Waals surface area contributed by atoms with Crippen LogP contribution >= 0.6 is 11.3 Å². The molecule has 1 aliphatic rings. The number of nitrogens with zero attached hydrogens (tertiary/aromatic N) is 3. The van der Waals surface area contributed by atoms with Crippen LogP contribution in [0, 0.1) is 31.0 Å². The van der Waals surface area contributed by atoms with Crippen LogP contribution < -0.4 is 10.3 Å². The fourth-order valence-corrected chi connectivity index (χ4v) is 5.02. The monoisotopic (exact) mass is 445 g/mol. The van der Waals surface area contributed by atoms with Crippen molar-refractivity contribution in [1.82, 2.24) is 9.55 Å². The molecule has 3 heterocycles. The van der Waals surface area contributed by atoms with Crippen molar-refractivity contribution in [1.29, 1.82) is 5.26 Å². The van der Waals surface area contributed by atoms with Gasteiger partial charge in [-0.05, 0) is 73.0 Å². The number of ether oxygens (including phenoxy) is 1. The smallest absolute Gasteiger partial charge is 0.259 e. The van der Waals surface area contributed by atoms with Crippen LogP contribution in [0.15, 0.2) is 46.8 Å². The zero-order chi connectivity index (χ0) is 22.6. The van der Waals surface area contributed by atoms with Crippen molar-refractivity contribution in [3.8, 4) is 28.8 Å². The lowest BCUT2D eigenvalue weighted by Crippen LogP contribution is -2.15. The lowest BCUT2D eigenvalue weighted by Gasteiger charge is -2.17. The molecule has 0 saturated heterocycles. The molecule has 1 saturated carbocycles. The second-order valence-corrected chi connectivity index (χ2v) is 9.28. The zero-order valence-corrected chi connectivity index (χ0v) is 18.7. The van der Waals surface area contributed by atoms with Crippen LogP contribution in [-0.2, 0) is 12.5 Å². The Morgan fingerprint density at radius 3 is 2.59 bits per heavy atom. The van der Waals surface area contributed by atoms with Gasteiger partial charge in [0.2, 0.25) is 5.88 Å². The number of benzene rings is 1. The molecule has 7 heteroatoms. The summed E-state index contributed by atoms with van der Waals surface area (Å²) in [6, 6.07) is 9.03. The van der Waals surface area contributed by atoms with E-state index >= 15 is 0 Å². The molecule has 0 spiro atoms. The minimum Gasteiger partial charge on any atom is -0.438 e. The summed E-state index contributed by atoms with van der Waals surface area (Å²) in [5.74, 6) is 0.578. The van der Waals surface area contributed by atoms with Crippen LogP contribution in [0.2, 0.25) is 0 Å². The van der Waals surface area contributed by atoms with Gasteiger partial charge in [-0.3, -0.25) is 4.79 Å². The maximum atomic E-state index is 13.8. The lowest BCUT2D eigenvalue weighted by molar-refractivity contribution is 0.455. The van der Waals surface area contributed by atoms with Crippen molar-refractivity contribution >= 4 is 21.4 Å². The third kappa shape index (κ3) is 3.19. The molecular weight excluding hydrogens is 425 g/mol. The highest BCUT2D eigenvalue weighted by atomic mass is 32.1. The number of aryl methyl sites for hydroxylation is 3. The number of halogens is 1. The summed E-state index contributed by atoms with van der Waals surface area (Å²) in [6.45, 7) is 3.58. The predicted octanol–water partition coefficient (Wildman–Crippen LogP) is 5.77. The highest BCUT2D eigenvalue weighted by Gasteiger charge is 2.45. The van der Waals surface area contributed by atoms with Gasteiger partial charge in [-0.2, -0.15) is 5.26 Å². The molecule has 4 aromatic rings. The molecule has 0 N–H and O–H groups in total. The molecule has 5 rings (SSSR count).